The molecule has 1 aliphatic carbocycles. The van der Waals surface area contributed by atoms with Gasteiger partial charge in [0, 0.05) is 22.8 Å². The first-order valence-corrected chi connectivity index (χ1v) is 6.80. The molecular formula is C12H16BrN3O2. The Morgan fingerprint density at radius 3 is 2.50 bits per heavy atom. The van der Waals surface area contributed by atoms with Gasteiger partial charge in [-0.25, -0.2) is 9.78 Å². The minimum atomic E-state index is -0.930. The summed E-state index contributed by atoms with van der Waals surface area (Å²) in [5.74, 6) is 0.868. The molecule has 3 N–H and O–H groups in total. The summed E-state index contributed by atoms with van der Waals surface area (Å²) in [6.07, 6.45) is 4.51. The lowest BCUT2D eigenvalue weighted by molar-refractivity contribution is 0.185. The van der Waals surface area contributed by atoms with Crippen LogP contribution in [0.15, 0.2) is 22.8 Å². The molecule has 0 bridgehead atoms. The fourth-order valence-corrected chi connectivity index (χ4v) is 2.46. The van der Waals surface area contributed by atoms with Gasteiger partial charge in [-0.2, -0.15) is 0 Å². The second-order valence-corrected chi connectivity index (χ2v) is 5.42. The smallest absolute Gasteiger partial charge is 0.404 e. The zero-order valence-corrected chi connectivity index (χ0v) is 11.5. The maximum atomic E-state index is 10.5. The molecule has 0 aromatic carbocycles. The van der Waals surface area contributed by atoms with Gasteiger partial charge in [-0.3, -0.25) is 0 Å². The molecule has 5 nitrogen and oxygen atoms in total. The normalized spacial score (nSPS) is 23.4. The predicted octanol–water partition coefficient (Wildman–Crippen LogP) is 2.83. The average Bonchev–Trinajstić information content (AvgIpc) is 2.34. The van der Waals surface area contributed by atoms with E-state index in [1.165, 1.54) is 0 Å². The van der Waals surface area contributed by atoms with Gasteiger partial charge in [-0.15, -0.1) is 0 Å². The van der Waals surface area contributed by atoms with E-state index in [1.807, 2.05) is 12.1 Å². The van der Waals surface area contributed by atoms with E-state index >= 15 is 0 Å². The lowest BCUT2D eigenvalue weighted by Gasteiger charge is -2.29. The van der Waals surface area contributed by atoms with E-state index in [9.17, 15) is 4.79 Å². The van der Waals surface area contributed by atoms with Crippen LogP contribution in [0.4, 0.5) is 10.6 Å². The van der Waals surface area contributed by atoms with E-state index in [0.29, 0.717) is 6.04 Å². The maximum absolute atomic E-state index is 10.5. The van der Waals surface area contributed by atoms with Gasteiger partial charge in [0.15, 0.2) is 0 Å². The molecule has 98 valence electrons. The molecule has 1 heterocycles. The van der Waals surface area contributed by atoms with Crippen molar-refractivity contribution in [3.63, 3.8) is 0 Å². The van der Waals surface area contributed by atoms with Crippen molar-refractivity contribution < 1.29 is 9.90 Å². The number of hydrogen-bond donors (Lipinski definition) is 3. The van der Waals surface area contributed by atoms with Gasteiger partial charge in [-0.05, 0) is 53.7 Å². The number of hydrogen-bond acceptors (Lipinski definition) is 3. The highest BCUT2D eigenvalue weighted by molar-refractivity contribution is 9.10. The first-order valence-electron chi connectivity index (χ1n) is 6.01. The lowest BCUT2D eigenvalue weighted by Crippen LogP contribution is -2.39. The standard InChI is InChI=1S/C12H16BrN3O2/c13-8-1-6-11(14-7-8)15-9-2-4-10(5-3-9)16-12(17)18/h1,6-7,9-10,16H,2-5H2,(H,14,15)(H,17,18). The number of nitrogens with one attached hydrogen (secondary N) is 2. The third-order valence-electron chi connectivity index (χ3n) is 3.13. The Balaban J connectivity index is 1.79. The van der Waals surface area contributed by atoms with Gasteiger partial charge >= 0.3 is 6.09 Å². The summed E-state index contributed by atoms with van der Waals surface area (Å²) in [7, 11) is 0. The molecule has 0 unspecified atom stereocenters. The Morgan fingerprint density at radius 2 is 1.94 bits per heavy atom. The number of amides is 1. The number of halogens is 1. The monoisotopic (exact) mass is 313 g/mol. The molecule has 1 aromatic heterocycles. The average molecular weight is 314 g/mol. The molecule has 1 amide bonds. The van der Waals surface area contributed by atoms with Crippen LogP contribution in [0, 0.1) is 0 Å². The van der Waals surface area contributed by atoms with Crippen molar-refractivity contribution in [1.29, 1.82) is 0 Å². The number of aromatic nitrogens is 1. The molecule has 0 radical (unpaired) electrons. The summed E-state index contributed by atoms with van der Waals surface area (Å²) in [6, 6.07) is 4.36. The van der Waals surface area contributed by atoms with Gasteiger partial charge in [0.05, 0.1) is 0 Å². The highest BCUT2D eigenvalue weighted by atomic mass is 79.9. The highest BCUT2D eigenvalue weighted by Crippen LogP contribution is 2.22. The number of carbonyl (C=O) groups is 1. The van der Waals surface area contributed by atoms with Crippen LogP contribution in [0.25, 0.3) is 0 Å². The van der Waals surface area contributed by atoms with E-state index < -0.39 is 6.09 Å². The van der Waals surface area contributed by atoms with Crippen molar-refractivity contribution in [1.82, 2.24) is 10.3 Å². The van der Waals surface area contributed by atoms with Crippen LogP contribution >= 0.6 is 15.9 Å². The third kappa shape index (κ3) is 3.87. The molecule has 1 fully saturated rings. The minimum absolute atomic E-state index is 0.0958. The molecule has 2 rings (SSSR count). The summed E-state index contributed by atoms with van der Waals surface area (Å²) in [5.41, 5.74) is 0. The number of carboxylic acid groups (broad SMARTS) is 1. The Morgan fingerprint density at radius 1 is 1.28 bits per heavy atom. The fraction of sp³-hybridized carbons (Fsp3) is 0.500. The summed E-state index contributed by atoms with van der Waals surface area (Å²) >= 11 is 3.35. The van der Waals surface area contributed by atoms with Crippen molar-refractivity contribution >= 4 is 27.8 Å². The van der Waals surface area contributed by atoms with E-state index in [1.54, 1.807) is 6.20 Å². The summed E-state index contributed by atoms with van der Waals surface area (Å²) < 4.78 is 0.961. The highest BCUT2D eigenvalue weighted by Gasteiger charge is 2.22. The van der Waals surface area contributed by atoms with Crippen molar-refractivity contribution in [2.24, 2.45) is 0 Å². The van der Waals surface area contributed by atoms with Gasteiger partial charge in [0.1, 0.15) is 5.82 Å². The molecule has 0 saturated heterocycles. The van der Waals surface area contributed by atoms with Crippen molar-refractivity contribution in [2.75, 3.05) is 5.32 Å². The zero-order chi connectivity index (χ0) is 13.0. The summed E-state index contributed by atoms with van der Waals surface area (Å²) in [5, 5.41) is 14.6. The molecule has 1 aliphatic rings. The van der Waals surface area contributed by atoms with Gasteiger partial charge < -0.3 is 15.7 Å². The van der Waals surface area contributed by atoms with E-state index in [2.05, 4.69) is 31.5 Å². The first kappa shape index (κ1) is 13.1. The number of anilines is 1. The molecule has 18 heavy (non-hydrogen) atoms. The van der Waals surface area contributed by atoms with Crippen molar-refractivity contribution in [3.8, 4) is 0 Å². The summed E-state index contributed by atoms with van der Waals surface area (Å²) in [4.78, 5) is 14.8. The third-order valence-corrected chi connectivity index (χ3v) is 3.60. The molecule has 6 heteroatoms. The fourth-order valence-electron chi connectivity index (χ4n) is 2.23. The first-order chi connectivity index (χ1) is 8.63. The van der Waals surface area contributed by atoms with E-state index in [0.717, 1.165) is 36.0 Å². The Kier molecular flexibility index (Phi) is 4.41. The SMILES string of the molecule is O=C(O)NC1CCC(Nc2ccc(Br)cn2)CC1. The van der Waals surface area contributed by atoms with E-state index in [4.69, 9.17) is 5.11 Å². The second kappa shape index (κ2) is 6.04. The number of rotatable bonds is 3. The van der Waals surface area contributed by atoms with Crippen molar-refractivity contribution in [2.45, 2.75) is 37.8 Å². The molecule has 0 spiro atoms. The topological polar surface area (TPSA) is 74.2 Å². The predicted molar refractivity (Wildman–Crippen MR) is 72.8 cm³/mol. The Bertz CT molecular complexity index is 402. The van der Waals surface area contributed by atoms with Gasteiger partial charge in [0.2, 0.25) is 0 Å². The number of nitrogens with zero attached hydrogens (tertiary/aromatic N) is 1. The molecule has 1 saturated carbocycles. The number of pyridine rings is 1. The molecule has 0 aliphatic heterocycles. The Labute approximate surface area is 114 Å². The zero-order valence-electron chi connectivity index (χ0n) is 9.90. The minimum Gasteiger partial charge on any atom is -0.465 e. The maximum Gasteiger partial charge on any atom is 0.404 e. The van der Waals surface area contributed by atoms with Crippen LogP contribution in [0.2, 0.25) is 0 Å². The molecule has 1 aromatic rings. The Hall–Kier alpha value is -1.30. The van der Waals surface area contributed by atoms with Crippen LogP contribution in [0.1, 0.15) is 25.7 Å². The van der Waals surface area contributed by atoms with Gasteiger partial charge in [-0.1, -0.05) is 0 Å². The van der Waals surface area contributed by atoms with Crippen LogP contribution in [0.5, 0.6) is 0 Å². The largest absolute Gasteiger partial charge is 0.465 e. The molecule has 0 atom stereocenters. The van der Waals surface area contributed by atoms with E-state index in [-0.39, 0.29) is 6.04 Å². The van der Waals surface area contributed by atoms with Crippen molar-refractivity contribution in [3.05, 3.63) is 22.8 Å². The molecular weight excluding hydrogens is 298 g/mol. The lowest BCUT2D eigenvalue weighted by atomic mass is 9.91. The van der Waals surface area contributed by atoms with Crippen LogP contribution in [-0.4, -0.2) is 28.3 Å². The van der Waals surface area contributed by atoms with Crippen LogP contribution in [-0.2, 0) is 0 Å². The van der Waals surface area contributed by atoms with Crippen LogP contribution < -0.4 is 10.6 Å². The van der Waals surface area contributed by atoms with Gasteiger partial charge in [0.25, 0.3) is 0 Å². The summed E-state index contributed by atoms with van der Waals surface area (Å²) in [6.45, 7) is 0. The van der Waals surface area contributed by atoms with Crippen LogP contribution in [0.3, 0.4) is 0 Å². The second-order valence-electron chi connectivity index (χ2n) is 4.50. The quantitative estimate of drug-likeness (QED) is 0.802.